The Morgan fingerprint density at radius 1 is 1.10 bits per heavy atom. The molecule has 1 atom stereocenters. The molecule has 7 nitrogen and oxygen atoms in total. The van der Waals surface area contributed by atoms with Crippen molar-refractivity contribution < 1.29 is 23.8 Å². The second-order valence-corrected chi connectivity index (χ2v) is 6.82. The van der Waals surface area contributed by atoms with Gasteiger partial charge in [-0.25, -0.2) is 4.79 Å². The Kier molecular flexibility index (Phi) is 7.08. The number of rotatable bonds is 7. The Morgan fingerprint density at radius 3 is 2.48 bits per heavy atom. The van der Waals surface area contributed by atoms with E-state index in [1.165, 1.54) is 6.92 Å². The number of morpholine rings is 1. The van der Waals surface area contributed by atoms with Gasteiger partial charge in [0.05, 0.1) is 13.2 Å². The Labute approximate surface area is 170 Å². The highest BCUT2D eigenvalue weighted by molar-refractivity contribution is 5.95. The Balaban J connectivity index is 1.45. The number of benzene rings is 2. The van der Waals surface area contributed by atoms with Crippen molar-refractivity contribution in [3.05, 3.63) is 54.1 Å². The van der Waals surface area contributed by atoms with Gasteiger partial charge >= 0.3 is 5.97 Å². The van der Waals surface area contributed by atoms with Crippen molar-refractivity contribution in [1.29, 1.82) is 0 Å². The quantitative estimate of drug-likeness (QED) is 0.723. The van der Waals surface area contributed by atoms with E-state index in [2.05, 4.69) is 10.2 Å². The van der Waals surface area contributed by atoms with E-state index in [1.807, 2.05) is 49.4 Å². The van der Waals surface area contributed by atoms with Crippen LogP contribution >= 0.6 is 0 Å². The standard InChI is InChI=1S/C22H26N2O5/c1-16-5-3-4-6-20(16)28-15-21(25)29-17(2)22(26)23-18-7-9-19(10-8-18)24-11-13-27-14-12-24/h3-10,17H,11-15H2,1-2H3,(H,23,26)/t17-/m1/s1. The van der Waals surface area contributed by atoms with Crippen LogP contribution in [0.5, 0.6) is 5.75 Å². The first-order valence-electron chi connectivity index (χ1n) is 9.64. The van der Waals surface area contributed by atoms with Gasteiger partial charge in [-0.15, -0.1) is 0 Å². The Hall–Kier alpha value is -3.06. The summed E-state index contributed by atoms with van der Waals surface area (Å²) in [6.45, 7) is 6.30. The molecule has 29 heavy (non-hydrogen) atoms. The van der Waals surface area contributed by atoms with Gasteiger partial charge in [0.2, 0.25) is 0 Å². The van der Waals surface area contributed by atoms with Crippen LogP contribution in [0.1, 0.15) is 12.5 Å². The van der Waals surface area contributed by atoms with Gasteiger partial charge in [-0.3, -0.25) is 4.79 Å². The topological polar surface area (TPSA) is 77.1 Å². The second kappa shape index (κ2) is 9.93. The molecule has 1 fully saturated rings. The van der Waals surface area contributed by atoms with E-state index in [-0.39, 0.29) is 6.61 Å². The molecule has 3 rings (SSSR count). The average Bonchev–Trinajstić information content (AvgIpc) is 2.74. The van der Waals surface area contributed by atoms with Gasteiger partial charge in [-0.05, 0) is 49.7 Å². The van der Waals surface area contributed by atoms with E-state index < -0.39 is 18.0 Å². The smallest absolute Gasteiger partial charge is 0.344 e. The summed E-state index contributed by atoms with van der Waals surface area (Å²) >= 11 is 0. The molecule has 1 heterocycles. The lowest BCUT2D eigenvalue weighted by molar-refractivity contribution is -0.155. The highest BCUT2D eigenvalue weighted by Crippen LogP contribution is 2.19. The molecular formula is C22H26N2O5. The fraction of sp³-hybridized carbons (Fsp3) is 0.364. The summed E-state index contributed by atoms with van der Waals surface area (Å²) in [6.07, 6.45) is -0.929. The van der Waals surface area contributed by atoms with E-state index in [0.717, 1.165) is 37.6 Å². The van der Waals surface area contributed by atoms with E-state index in [1.54, 1.807) is 6.07 Å². The number of nitrogens with one attached hydrogen (secondary N) is 1. The van der Waals surface area contributed by atoms with Crippen molar-refractivity contribution >= 4 is 23.3 Å². The van der Waals surface area contributed by atoms with Crippen molar-refractivity contribution in [2.45, 2.75) is 20.0 Å². The largest absolute Gasteiger partial charge is 0.482 e. The van der Waals surface area contributed by atoms with Gasteiger partial charge in [0.1, 0.15) is 5.75 Å². The first-order chi connectivity index (χ1) is 14.0. The van der Waals surface area contributed by atoms with Gasteiger partial charge < -0.3 is 24.4 Å². The molecule has 154 valence electrons. The second-order valence-electron chi connectivity index (χ2n) is 6.82. The van der Waals surface area contributed by atoms with E-state index >= 15 is 0 Å². The summed E-state index contributed by atoms with van der Waals surface area (Å²) in [5.41, 5.74) is 2.65. The number of hydrogen-bond donors (Lipinski definition) is 1. The molecule has 0 saturated carbocycles. The number of aryl methyl sites for hydroxylation is 1. The zero-order valence-corrected chi connectivity index (χ0v) is 16.7. The van der Waals surface area contributed by atoms with Crippen LogP contribution in [0.15, 0.2) is 48.5 Å². The van der Waals surface area contributed by atoms with Gasteiger partial charge in [0, 0.05) is 24.5 Å². The summed E-state index contributed by atoms with van der Waals surface area (Å²) in [5, 5.41) is 2.76. The molecule has 0 unspecified atom stereocenters. The Bertz CT molecular complexity index is 831. The molecular weight excluding hydrogens is 372 g/mol. The van der Waals surface area contributed by atoms with Crippen molar-refractivity contribution in [2.24, 2.45) is 0 Å². The molecule has 0 aliphatic carbocycles. The predicted molar refractivity (Wildman–Crippen MR) is 110 cm³/mol. The third-order valence-corrected chi connectivity index (χ3v) is 4.63. The molecule has 0 bridgehead atoms. The number of para-hydroxylation sites is 1. The molecule has 0 aromatic heterocycles. The van der Waals surface area contributed by atoms with Crippen LogP contribution in [-0.4, -0.2) is 50.9 Å². The fourth-order valence-corrected chi connectivity index (χ4v) is 2.96. The van der Waals surface area contributed by atoms with Gasteiger partial charge in [-0.2, -0.15) is 0 Å². The van der Waals surface area contributed by atoms with Crippen LogP contribution in [0, 0.1) is 6.92 Å². The third-order valence-electron chi connectivity index (χ3n) is 4.63. The summed E-state index contributed by atoms with van der Waals surface area (Å²) in [7, 11) is 0. The summed E-state index contributed by atoms with van der Waals surface area (Å²) in [5.74, 6) is -0.381. The highest BCUT2D eigenvalue weighted by Gasteiger charge is 2.19. The van der Waals surface area contributed by atoms with Crippen LogP contribution in [0.25, 0.3) is 0 Å². The molecule has 2 aromatic carbocycles. The summed E-state index contributed by atoms with van der Waals surface area (Å²) in [6, 6.07) is 15.0. The molecule has 0 radical (unpaired) electrons. The van der Waals surface area contributed by atoms with E-state index in [4.69, 9.17) is 14.2 Å². The average molecular weight is 398 g/mol. The van der Waals surface area contributed by atoms with Crippen LogP contribution < -0.4 is 15.0 Å². The number of carbonyl (C=O) groups is 2. The predicted octanol–water partition coefficient (Wildman–Crippen LogP) is 2.78. The maximum Gasteiger partial charge on any atom is 0.344 e. The van der Waals surface area contributed by atoms with E-state index in [9.17, 15) is 9.59 Å². The first kappa shape index (κ1) is 20.7. The van der Waals surface area contributed by atoms with Gasteiger partial charge in [-0.1, -0.05) is 18.2 Å². The molecule has 7 heteroatoms. The number of hydrogen-bond acceptors (Lipinski definition) is 6. The number of anilines is 2. The molecule has 1 N–H and O–H groups in total. The molecule has 2 aromatic rings. The molecule has 1 saturated heterocycles. The minimum atomic E-state index is -0.929. The highest BCUT2D eigenvalue weighted by atomic mass is 16.6. The van der Waals surface area contributed by atoms with Crippen LogP contribution in [0.3, 0.4) is 0 Å². The molecule has 1 aliphatic heterocycles. The Morgan fingerprint density at radius 2 is 1.79 bits per heavy atom. The third kappa shape index (κ3) is 5.96. The zero-order valence-electron chi connectivity index (χ0n) is 16.7. The van der Waals surface area contributed by atoms with Crippen LogP contribution in [0.4, 0.5) is 11.4 Å². The van der Waals surface area contributed by atoms with Gasteiger partial charge in [0.25, 0.3) is 5.91 Å². The minimum Gasteiger partial charge on any atom is -0.482 e. The number of ether oxygens (including phenoxy) is 3. The minimum absolute atomic E-state index is 0.253. The monoisotopic (exact) mass is 398 g/mol. The number of esters is 1. The van der Waals surface area contributed by atoms with Crippen molar-refractivity contribution in [2.75, 3.05) is 43.1 Å². The maximum absolute atomic E-state index is 12.3. The van der Waals surface area contributed by atoms with Crippen molar-refractivity contribution in [1.82, 2.24) is 0 Å². The van der Waals surface area contributed by atoms with Crippen molar-refractivity contribution in [3.8, 4) is 5.75 Å². The lowest BCUT2D eigenvalue weighted by Gasteiger charge is -2.28. The van der Waals surface area contributed by atoms with Crippen LogP contribution in [-0.2, 0) is 19.1 Å². The summed E-state index contributed by atoms with van der Waals surface area (Å²) < 4.78 is 16.0. The SMILES string of the molecule is Cc1ccccc1OCC(=O)O[C@H](C)C(=O)Nc1ccc(N2CCOCC2)cc1. The zero-order chi connectivity index (χ0) is 20.6. The van der Waals surface area contributed by atoms with Crippen molar-refractivity contribution in [3.63, 3.8) is 0 Å². The first-order valence-corrected chi connectivity index (χ1v) is 9.64. The number of amides is 1. The number of carbonyl (C=O) groups excluding carboxylic acids is 2. The molecule has 0 spiro atoms. The van der Waals surface area contributed by atoms with Gasteiger partial charge in [0.15, 0.2) is 12.7 Å². The molecule has 1 amide bonds. The molecule has 1 aliphatic rings. The number of nitrogens with zero attached hydrogens (tertiary/aromatic N) is 1. The normalized spacial score (nSPS) is 14.8. The summed E-state index contributed by atoms with van der Waals surface area (Å²) in [4.78, 5) is 26.5. The lowest BCUT2D eigenvalue weighted by Crippen LogP contribution is -2.36. The fourth-order valence-electron chi connectivity index (χ4n) is 2.96. The van der Waals surface area contributed by atoms with Crippen LogP contribution in [0.2, 0.25) is 0 Å². The maximum atomic E-state index is 12.3. The van der Waals surface area contributed by atoms with E-state index in [0.29, 0.717) is 11.4 Å². The lowest BCUT2D eigenvalue weighted by atomic mass is 10.2.